The predicted molar refractivity (Wildman–Crippen MR) is 127 cm³/mol. The summed E-state index contributed by atoms with van der Waals surface area (Å²) in [5.74, 6) is 0.944. The molecule has 170 valence electrons. The first-order valence-corrected chi connectivity index (χ1v) is 11.3. The van der Waals surface area contributed by atoms with Crippen LogP contribution in [-0.2, 0) is 11.3 Å². The zero-order chi connectivity index (χ0) is 23.3. The van der Waals surface area contributed by atoms with E-state index in [1.54, 1.807) is 18.3 Å². The fourth-order valence-electron chi connectivity index (χ4n) is 4.51. The van der Waals surface area contributed by atoms with E-state index in [0.29, 0.717) is 23.8 Å². The van der Waals surface area contributed by atoms with Crippen LogP contribution < -0.4 is 0 Å². The van der Waals surface area contributed by atoms with Gasteiger partial charge >= 0.3 is 0 Å². The molecule has 0 radical (unpaired) electrons. The smallest absolute Gasteiger partial charge is 0.230 e. The molecule has 4 heterocycles. The molecule has 0 amide bonds. The number of fused-ring (bicyclic) bond motifs is 1. The molecule has 0 aliphatic carbocycles. The van der Waals surface area contributed by atoms with E-state index in [9.17, 15) is 4.39 Å². The minimum absolute atomic E-state index is 0.0929. The Labute approximate surface area is 196 Å². The van der Waals surface area contributed by atoms with E-state index in [4.69, 9.17) is 19.2 Å². The van der Waals surface area contributed by atoms with Gasteiger partial charge in [-0.3, -0.25) is 4.68 Å². The minimum Gasteiger partial charge on any atom is -0.438 e. The molecule has 7 heteroatoms. The third-order valence-electron chi connectivity index (χ3n) is 6.05. The molecule has 3 aromatic heterocycles. The highest BCUT2D eigenvalue weighted by Gasteiger charge is 2.37. The predicted octanol–water partition coefficient (Wildman–Crippen LogP) is 6.13. The van der Waals surface area contributed by atoms with Gasteiger partial charge in [-0.05, 0) is 44.2 Å². The van der Waals surface area contributed by atoms with Crippen LogP contribution in [0.2, 0.25) is 0 Å². The molecule has 1 fully saturated rings. The third kappa shape index (κ3) is 3.88. The van der Waals surface area contributed by atoms with Gasteiger partial charge in [0.05, 0.1) is 29.2 Å². The maximum absolute atomic E-state index is 13.6. The molecule has 0 bridgehead atoms. The van der Waals surface area contributed by atoms with Gasteiger partial charge in [0.2, 0.25) is 5.71 Å². The second-order valence-corrected chi connectivity index (χ2v) is 9.25. The number of hydrogen-bond donors (Lipinski definition) is 0. The lowest BCUT2D eigenvalue weighted by molar-refractivity contribution is -0.189. The summed E-state index contributed by atoms with van der Waals surface area (Å²) in [7, 11) is 0. The van der Waals surface area contributed by atoms with E-state index in [1.807, 2.05) is 47.3 Å². The van der Waals surface area contributed by atoms with Crippen molar-refractivity contribution < 1.29 is 13.5 Å². The lowest BCUT2D eigenvalue weighted by Crippen LogP contribution is -2.47. The van der Waals surface area contributed by atoms with Gasteiger partial charge in [0.15, 0.2) is 5.82 Å². The van der Waals surface area contributed by atoms with Crippen LogP contribution in [0.25, 0.3) is 45.1 Å². The van der Waals surface area contributed by atoms with Crippen molar-refractivity contribution in [2.75, 3.05) is 0 Å². The quantitative estimate of drug-likeness (QED) is 0.320. The van der Waals surface area contributed by atoms with Gasteiger partial charge in [-0.2, -0.15) is 10.1 Å². The SMILES string of the molecule is CC1(C)C[C@H](Cn2cc(-c3ncc4cc(-c5ccccc5)oc4n3)c(-c3ccc(F)cc3)n2)O1. The fraction of sp³-hybridized carbons (Fsp3) is 0.222. The Kier molecular flexibility index (Phi) is 4.81. The Bertz CT molecular complexity index is 1460. The Hall–Kier alpha value is -3.84. The average molecular weight is 455 g/mol. The zero-order valence-electron chi connectivity index (χ0n) is 18.9. The van der Waals surface area contributed by atoms with Gasteiger partial charge in [-0.1, -0.05) is 30.3 Å². The van der Waals surface area contributed by atoms with E-state index in [0.717, 1.165) is 34.3 Å². The van der Waals surface area contributed by atoms with Crippen molar-refractivity contribution >= 4 is 11.1 Å². The van der Waals surface area contributed by atoms with Crippen molar-refractivity contribution in [2.24, 2.45) is 0 Å². The molecule has 0 spiro atoms. The van der Waals surface area contributed by atoms with Crippen molar-refractivity contribution in [3.05, 3.63) is 78.9 Å². The molecule has 1 aliphatic heterocycles. The molecule has 6 nitrogen and oxygen atoms in total. The maximum atomic E-state index is 13.6. The average Bonchev–Trinajstić information content (AvgIpc) is 3.43. The molecule has 34 heavy (non-hydrogen) atoms. The molecular weight excluding hydrogens is 431 g/mol. The molecule has 2 aromatic carbocycles. The van der Waals surface area contributed by atoms with Crippen LogP contribution in [0.3, 0.4) is 0 Å². The molecule has 6 rings (SSSR count). The van der Waals surface area contributed by atoms with Crippen molar-refractivity contribution in [2.45, 2.75) is 38.5 Å². The van der Waals surface area contributed by atoms with Gasteiger partial charge in [0, 0.05) is 29.9 Å². The number of rotatable bonds is 5. The van der Waals surface area contributed by atoms with Crippen LogP contribution in [0.1, 0.15) is 20.3 Å². The molecule has 5 aromatic rings. The normalized spacial score (nSPS) is 17.1. The number of hydrogen-bond acceptors (Lipinski definition) is 5. The number of benzene rings is 2. The van der Waals surface area contributed by atoms with Crippen molar-refractivity contribution in [3.63, 3.8) is 0 Å². The Balaban J connectivity index is 1.40. The first-order chi connectivity index (χ1) is 16.4. The summed E-state index contributed by atoms with van der Waals surface area (Å²) in [5.41, 5.74) is 3.62. The molecule has 0 N–H and O–H groups in total. The summed E-state index contributed by atoms with van der Waals surface area (Å²) >= 11 is 0. The van der Waals surface area contributed by atoms with E-state index in [1.165, 1.54) is 12.1 Å². The van der Waals surface area contributed by atoms with Crippen LogP contribution in [0.4, 0.5) is 4.39 Å². The van der Waals surface area contributed by atoms with Gasteiger partial charge < -0.3 is 9.15 Å². The van der Waals surface area contributed by atoms with E-state index in [2.05, 4.69) is 18.8 Å². The summed E-state index contributed by atoms with van der Waals surface area (Å²) in [5, 5.41) is 5.62. The second-order valence-electron chi connectivity index (χ2n) is 9.25. The number of ether oxygens (including phenoxy) is 1. The number of aromatic nitrogens is 4. The van der Waals surface area contributed by atoms with E-state index < -0.39 is 0 Å². The van der Waals surface area contributed by atoms with E-state index >= 15 is 0 Å². The second kappa shape index (κ2) is 7.88. The highest BCUT2D eigenvalue weighted by atomic mass is 19.1. The molecular formula is C27H23FN4O2. The lowest BCUT2D eigenvalue weighted by atomic mass is 9.93. The number of furan rings is 1. The standard InChI is InChI=1S/C27H23FN4O2/c1-27(2)13-21(34-27)15-32-16-22(24(31-32)18-8-10-20(28)11-9-18)25-29-14-19-12-23(33-26(19)30-25)17-6-4-3-5-7-17/h3-12,14,16,21H,13,15H2,1-2H3/t21-/m1/s1. The molecule has 0 unspecified atom stereocenters. The summed E-state index contributed by atoms with van der Waals surface area (Å²) in [6.45, 7) is 4.79. The van der Waals surface area contributed by atoms with Gasteiger partial charge in [0.25, 0.3) is 0 Å². The van der Waals surface area contributed by atoms with Crippen LogP contribution in [-0.4, -0.2) is 31.5 Å². The first kappa shape index (κ1) is 20.7. The summed E-state index contributed by atoms with van der Waals surface area (Å²) < 4.78 is 27.4. The van der Waals surface area contributed by atoms with Gasteiger partial charge in [-0.25, -0.2) is 9.37 Å². The van der Waals surface area contributed by atoms with Crippen LogP contribution >= 0.6 is 0 Å². The zero-order valence-corrected chi connectivity index (χ0v) is 18.9. The summed E-state index contributed by atoms with van der Waals surface area (Å²) in [4.78, 5) is 9.32. The minimum atomic E-state index is -0.295. The summed E-state index contributed by atoms with van der Waals surface area (Å²) in [6.07, 6.45) is 4.75. The maximum Gasteiger partial charge on any atom is 0.230 e. The molecule has 0 saturated carbocycles. The van der Waals surface area contributed by atoms with Gasteiger partial charge in [0.1, 0.15) is 17.3 Å². The topological polar surface area (TPSA) is 66.0 Å². The fourth-order valence-corrected chi connectivity index (χ4v) is 4.51. The third-order valence-corrected chi connectivity index (χ3v) is 6.05. The summed E-state index contributed by atoms with van der Waals surface area (Å²) in [6, 6.07) is 18.1. The van der Waals surface area contributed by atoms with Crippen molar-refractivity contribution in [1.82, 2.24) is 19.7 Å². The lowest BCUT2D eigenvalue weighted by Gasteiger charge is -2.42. The van der Waals surface area contributed by atoms with Crippen LogP contribution in [0, 0.1) is 5.82 Å². The molecule has 1 saturated heterocycles. The Morgan fingerprint density at radius 3 is 2.56 bits per heavy atom. The molecule has 1 atom stereocenters. The first-order valence-electron chi connectivity index (χ1n) is 11.3. The highest BCUT2D eigenvalue weighted by Crippen LogP contribution is 2.35. The van der Waals surface area contributed by atoms with Crippen molar-refractivity contribution in [1.29, 1.82) is 0 Å². The van der Waals surface area contributed by atoms with Crippen molar-refractivity contribution in [3.8, 4) is 34.0 Å². The van der Waals surface area contributed by atoms with E-state index in [-0.39, 0.29) is 17.5 Å². The Morgan fingerprint density at radius 2 is 1.82 bits per heavy atom. The largest absolute Gasteiger partial charge is 0.438 e. The monoisotopic (exact) mass is 454 g/mol. The number of halogens is 1. The van der Waals surface area contributed by atoms with Crippen LogP contribution in [0.15, 0.2) is 77.5 Å². The Morgan fingerprint density at radius 1 is 1.06 bits per heavy atom. The van der Waals surface area contributed by atoms with Gasteiger partial charge in [-0.15, -0.1) is 0 Å². The number of nitrogens with zero attached hydrogens (tertiary/aromatic N) is 4. The molecule has 1 aliphatic rings. The highest BCUT2D eigenvalue weighted by molar-refractivity contribution is 5.83. The van der Waals surface area contributed by atoms with Crippen LogP contribution in [0.5, 0.6) is 0 Å².